The number of aliphatic hydroxyl groups excluding tert-OH is 1. The van der Waals surface area contributed by atoms with Crippen LogP contribution >= 0.6 is 8.18 Å². The monoisotopic (exact) mass is 406 g/mol. The van der Waals surface area contributed by atoms with Gasteiger partial charge in [-0.25, -0.2) is 9.88 Å². The number of rotatable bonds is 11. The van der Waals surface area contributed by atoms with Gasteiger partial charge >= 0.3 is 11.7 Å². The second-order valence-corrected chi connectivity index (χ2v) is 7.49. The molecular weight excluding hydrogens is 379 g/mol. The maximum Gasteiger partial charge on any atom is 0.328 e. The molecule has 12 heteroatoms. The number of H-pyrrole nitrogens is 1. The Balaban J connectivity index is 2.43. The van der Waals surface area contributed by atoms with Crippen molar-refractivity contribution in [3.8, 4) is 0 Å². The number of hydrogen-bond donors (Lipinski definition) is 4. The van der Waals surface area contributed by atoms with Crippen LogP contribution < -0.4 is 22.1 Å². The highest BCUT2D eigenvalue weighted by Crippen LogP contribution is 2.22. The SMILES string of the molecule is CC(C)OC(=O)CN[PH](=O)O[C@@H](C)C(O)C[C@H](N)Cn1ccc(=O)[nH]c1=O. The van der Waals surface area contributed by atoms with Gasteiger partial charge in [-0.05, 0) is 27.2 Å². The molecule has 2 unspecified atom stereocenters. The molecular formula is C15H27N4O7P. The highest BCUT2D eigenvalue weighted by Gasteiger charge is 2.21. The van der Waals surface area contributed by atoms with E-state index in [0.29, 0.717) is 0 Å². The summed E-state index contributed by atoms with van der Waals surface area (Å²) in [5.74, 6) is -0.562. The summed E-state index contributed by atoms with van der Waals surface area (Å²) in [6.07, 6.45) is -0.760. The van der Waals surface area contributed by atoms with Crippen molar-refractivity contribution in [2.45, 2.75) is 58.1 Å². The van der Waals surface area contributed by atoms with E-state index >= 15 is 0 Å². The molecule has 1 heterocycles. The molecule has 0 amide bonds. The molecule has 1 aromatic rings. The lowest BCUT2D eigenvalue weighted by Crippen LogP contribution is -2.39. The van der Waals surface area contributed by atoms with E-state index in [9.17, 15) is 24.1 Å². The maximum atomic E-state index is 11.8. The van der Waals surface area contributed by atoms with Gasteiger partial charge in [0.2, 0.25) is 0 Å². The van der Waals surface area contributed by atoms with E-state index in [1.165, 1.54) is 23.8 Å². The standard InChI is InChI=1S/C15H27N4O7P/c1-9(2)25-14(22)7-17-27(24)26-10(3)12(20)6-11(16)8-19-5-4-13(21)18-15(19)23/h4-5,9-12,20,27H,6-8,16H2,1-3H3,(H,17,24)(H,18,21,23)/t10-,11-,12?/m0/s1. The first-order chi connectivity index (χ1) is 12.6. The van der Waals surface area contributed by atoms with Gasteiger partial charge in [0.05, 0.1) is 18.3 Å². The highest BCUT2D eigenvalue weighted by molar-refractivity contribution is 7.36. The molecule has 5 N–H and O–H groups in total. The fourth-order valence-corrected chi connectivity index (χ4v) is 3.02. The van der Waals surface area contributed by atoms with Gasteiger partial charge < -0.3 is 20.1 Å². The predicted molar refractivity (Wildman–Crippen MR) is 98.7 cm³/mol. The molecule has 0 radical (unpaired) electrons. The lowest BCUT2D eigenvalue weighted by molar-refractivity contribution is -0.145. The van der Waals surface area contributed by atoms with E-state index in [1.54, 1.807) is 13.8 Å². The number of aromatic nitrogens is 2. The number of esters is 1. The van der Waals surface area contributed by atoms with Crippen LogP contribution in [0, 0.1) is 0 Å². The van der Waals surface area contributed by atoms with Crippen LogP contribution in [0.4, 0.5) is 0 Å². The number of aliphatic hydroxyl groups is 1. The van der Waals surface area contributed by atoms with Gasteiger partial charge in [-0.2, -0.15) is 0 Å². The summed E-state index contributed by atoms with van der Waals surface area (Å²) in [5, 5.41) is 12.5. The molecule has 1 rings (SSSR count). The Kier molecular flexibility index (Phi) is 9.61. The summed E-state index contributed by atoms with van der Waals surface area (Å²) >= 11 is 0. The van der Waals surface area contributed by atoms with Crippen molar-refractivity contribution in [2.24, 2.45) is 5.73 Å². The molecule has 0 aliphatic rings. The molecule has 0 fully saturated rings. The van der Waals surface area contributed by atoms with Crippen molar-refractivity contribution in [3.63, 3.8) is 0 Å². The molecule has 0 bridgehead atoms. The number of aromatic amines is 1. The van der Waals surface area contributed by atoms with E-state index < -0.39 is 43.6 Å². The molecule has 4 atom stereocenters. The fraction of sp³-hybridized carbons (Fsp3) is 0.667. The molecule has 1 aromatic heterocycles. The summed E-state index contributed by atoms with van der Waals surface area (Å²) in [5.41, 5.74) is 4.80. The van der Waals surface area contributed by atoms with Crippen molar-refractivity contribution in [1.29, 1.82) is 0 Å². The van der Waals surface area contributed by atoms with Crippen molar-refractivity contribution in [1.82, 2.24) is 14.6 Å². The maximum absolute atomic E-state index is 11.8. The van der Waals surface area contributed by atoms with Gasteiger partial charge in [-0.3, -0.25) is 23.7 Å². The van der Waals surface area contributed by atoms with Crippen LogP contribution in [0.25, 0.3) is 0 Å². The van der Waals surface area contributed by atoms with Gasteiger partial charge in [0.15, 0.2) is 0 Å². The van der Waals surface area contributed by atoms with Gasteiger partial charge in [0.1, 0.15) is 6.54 Å². The molecule has 11 nitrogen and oxygen atoms in total. The number of ether oxygens (including phenoxy) is 1. The lowest BCUT2D eigenvalue weighted by atomic mass is 10.1. The number of nitrogens with two attached hydrogens (primary N) is 1. The average molecular weight is 406 g/mol. The second-order valence-electron chi connectivity index (χ2n) is 6.33. The van der Waals surface area contributed by atoms with E-state index in [-0.39, 0.29) is 25.6 Å². The Morgan fingerprint density at radius 1 is 1.41 bits per heavy atom. The summed E-state index contributed by atoms with van der Waals surface area (Å²) in [7, 11) is -2.77. The molecule has 154 valence electrons. The molecule has 0 aliphatic carbocycles. The van der Waals surface area contributed by atoms with Crippen LogP contribution in [-0.2, 0) is 25.2 Å². The van der Waals surface area contributed by atoms with Crippen LogP contribution in [-0.4, -0.2) is 51.5 Å². The number of carbonyl (C=O) groups excluding carboxylic acids is 1. The summed E-state index contributed by atoms with van der Waals surface area (Å²) in [6, 6.07) is 0.587. The first-order valence-corrected chi connectivity index (χ1v) is 9.77. The first-order valence-electron chi connectivity index (χ1n) is 8.45. The zero-order valence-corrected chi connectivity index (χ0v) is 16.5. The third-order valence-electron chi connectivity index (χ3n) is 3.45. The van der Waals surface area contributed by atoms with E-state index in [0.717, 1.165) is 0 Å². The zero-order valence-electron chi connectivity index (χ0n) is 15.5. The van der Waals surface area contributed by atoms with Gasteiger partial charge in [-0.15, -0.1) is 0 Å². The topological polar surface area (TPSA) is 166 Å². The quantitative estimate of drug-likeness (QED) is 0.265. The van der Waals surface area contributed by atoms with Crippen molar-refractivity contribution >= 4 is 14.1 Å². The molecule has 0 saturated carbocycles. The van der Waals surface area contributed by atoms with Crippen LogP contribution in [0.3, 0.4) is 0 Å². The Morgan fingerprint density at radius 2 is 2.07 bits per heavy atom. The van der Waals surface area contributed by atoms with Crippen molar-refractivity contribution < 1.29 is 23.7 Å². The van der Waals surface area contributed by atoms with Crippen LogP contribution in [0.1, 0.15) is 27.2 Å². The van der Waals surface area contributed by atoms with Gasteiger partial charge in [0.25, 0.3) is 13.7 Å². The number of carbonyl (C=O) groups is 1. The van der Waals surface area contributed by atoms with Crippen LogP contribution in [0.15, 0.2) is 21.9 Å². The molecule has 0 saturated heterocycles. The Morgan fingerprint density at radius 3 is 2.67 bits per heavy atom. The minimum atomic E-state index is -2.77. The van der Waals surface area contributed by atoms with Crippen LogP contribution in [0.2, 0.25) is 0 Å². The Bertz CT molecular complexity index is 748. The Labute approximate surface area is 156 Å². The van der Waals surface area contributed by atoms with Crippen LogP contribution in [0.5, 0.6) is 0 Å². The first kappa shape index (κ1) is 23.3. The predicted octanol–water partition coefficient (Wildman–Crippen LogP) is -1.05. The highest BCUT2D eigenvalue weighted by atomic mass is 31.1. The number of nitrogens with one attached hydrogen (secondary N) is 2. The lowest BCUT2D eigenvalue weighted by Gasteiger charge is -2.22. The summed E-state index contributed by atoms with van der Waals surface area (Å²) in [6.45, 7) is 4.71. The van der Waals surface area contributed by atoms with Crippen molar-refractivity contribution in [3.05, 3.63) is 33.1 Å². The molecule has 0 aliphatic heterocycles. The molecule has 0 aromatic carbocycles. The summed E-state index contributed by atoms with van der Waals surface area (Å²) < 4.78 is 23.1. The van der Waals surface area contributed by atoms with E-state index in [1.807, 2.05) is 0 Å². The zero-order chi connectivity index (χ0) is 20.6. The number of hydrogen-bond acceptors (Lipinski definition) is 8. The average Bonchev–Trinajstić information content (AvgIpc) is 2.54. The van der Waals surface area contributed by atoms with E-state index in [2.05, 4.69) is 10.1 Å². The third-order valence-corrected chi connectivity index (χ3v) is 4.50. The van der Waals surface area contributed by atoms with Gasteiger partial charge in [0, 0.05) is 24.8 Å². The normalized spacial score (nSPS) is 15.9. The fourth-order valence-electron chi connectivity index (χ4n) is 2.15. The van der Waals surface area contributed by atoms with E-state index in [4.69, 9.17) is 15.0 Å². The summed E-state index contributed by atoms with van der Waals surface area (Å²) in [4.78, 5) is 36.1. The van der Waals surface area contributed by atoms with Crippen molar-refractivity contribution in [2.75, 3.05) is 6.54 Å². The second kappa shape index (κ2) is 11.2. The largest absolute Gasteiger partial charge is 0.462 e. The minimum absolute atomic E-state index is 0.0667. The smallest absolute Gasteiger partial charge is 0.328 e. The third kappa shape index (κ3) is 9.12. The minimum Gasteiger partial charge on any atom is -0.462 e. The Hall–Kier alpha value is -1.78. The molecule has 0 spiro atoms. The molecule has 27 heavy (non-hydrogen) atoms. The number of nitrogens with zero attached hydrogens (tertiary/aromatic N) is 1. The van der Waals surface area contributed by atoms with Gasteiger partial charge in [-0.1, -0.05) is 0 Å².